The molecular formula is C7H7BrN2O3. The standard InChI is InChI=1S/C7H7BrN2O3/c1-2-13-7-6(8)3-5(4-9-7)10(11)12/h3-4H,2H2,1H3. The highest BCUT2D eigenvalue weighted by Gasteiger charge is 2.10. The van der Waals surface area contributed by atoms with Gasteiger partial charge in [0.1, 0.15) is 6.20 Å². The van der Waals surface area contributed by atoms with Crippen LogP contribution in [0.1, 0.15) is 6.92 Å². The molecule has 13 heavy (non-hydrogen) atoms. The molecule has 1 rings (SSSR count). The highest BCUT2D eigenvalue weighted by molar-refractivity contribution is 9.10. The lowest BCUT2D eigenvalue weighted by atomic mass is 10.4. The van der Waals surface area contributed by atoms with Crippen molar-refractivity contribution in [3.63, 3.8) is 0 Å². The first-order chi connectivity index (χ1) is 6.15. The van der Waals surface area contributed by atoms with E-state index < -0.39 is 4.92 Å². The van der Waals surface area contributed by atoms with Gasteiger partial charge in [0.05, 0.1) is 16.0 Å². The van der Waals surface area contributed by atoms with Crippen molar-refractivity contribution in [2.24, 2.45) is 0 Å². The summed E-state index contributed by atoms with van der Waals surface area (Å²) >= 11 is 3.12. The van der Waals surface area contributed by atoms with E-state index >= 15 is 0 Å². The van der Waals surface area contributed by atoms with Crippen LogP contribution in [0, 0.1) is 10.1 Å². The molecule has 0 aromatic carbocycles. The summed E-state index contributed by atoms with van der Waals surface area (Å²) in [5.41, 5.74) is -0.0599. The molecule has 1 aromatic rings. The lowest BCUT2D eigenvalue weighted by Gasteiger charge is -2.02. The number of hydrogen-bond acceptors (Lipinski definition) is 4. The number of hydrogen-bond donors (Lipinski definition) is 0. The zero-order valence-corrected chi connectivity index (χ0v) is 8.44. The molecule has 0 aliphatic carbocycles. The van der Waals surface area contributed by atoms with Crippen LogP contribution in [-0.4, -0.2) is 16.5 Å². The first-order valence-corrected chi connectivity index (χ1v) is 4.37. The van der Waals surface area contributed by atoms with Gasteiger partial charge in [0, 0.05) is 6.07 Å². The van der Waals surface area contributed by atoms with E-state index in [4.69, 9.17) is 4.74 Å². The highest BCUT2D eigenvalue weighted by atomic mass is 79.9. The third-order valence-corrected chi connectivity index (χ3v) is 1.85. The minimum absolute atomic E-state index is 0.0599. The molecule has 0 amide bonds. The number of pyridine rings is 1. The van der Waals surface area contributed by atoms with Gasteiger partial charge < -0.3 is 4.74 Å². The summed E-state index contributed by atoms with van der Waals surface area (Å²) in [5, 5.41) is 10.3. The largest absolute Gasteiger partial charge is 0.477 e. The average Bonchev–Trinajstić information content (AvgIpc) is 2.08. The Labute approximate surface area is 83.0 Å². The molecule has 1 heterocycles. The van der Waals surface area contributed by atoms with Gasteiger partial charge in [-0.1, -0.05) is 0 Å². The van der Waals surface area contributed by atoms with Crippen LogP contribution in [0.15, 0.2) is 16.7 Å². The van der Waals surface area contributed by atoms with E-state index in [0.717, 1.165) is 6.20 Å². The Morgan fingerprint density at radius 3 is 2.92 bits per heavy atom. The molecule has 0 aliphatic rings. The molecule has 0 atom stereocenters. The van der Waals surface area contributed by atoms with Gasteiger partial charge in [0.25, 0.3) is 5.69 Å². The molecule has 5 nitrogen and oxygen atoms in total. The summed E-state index contributed by atoms with van der Waals surface area (Å²) in [6.45, 7) is 2.29. The van der Waals surface area contributed by atoms with Crippen LogP contribution < -0.4 is 4.74 Å². The van der Waals surface area contributed by atoms with Gasteiger partial charge in [-0.2, -0.15) is 0 Å². The summed E-state index contributed by atoms with van der Waals surface area (Å²) in [7, 11) is 0. The summed E-state index contributed by atoms with van der Waals surface area (Å²) < 4.78 is 5.58. The van der Waals surface area contributed by atoms with Gasteiger partial charge >= 0.3 is 0 Å². The number of aromatic nitrogens is 1. The predicted octanol–water partition coefficient (Wildman–Crippen LogP) is 2.15. The second-order valence-corrected chi connectivity index (χ2v) is 3.02. The SMILES string of the molecule is CCOc1ncc([N+](=O)[O-])cc1Br. The van der Waals surface area contributed by atoms with Crippen molar-refractivity contribution in [1.29, 1.82) is 0 Å². The number of nitrogens with zero attached hydrogens (tertiary/aromatic N) is 2. The Balaban J connectivity index is 2.98. The van der Waals surface area contributed by atoms with Crippen LogP contribution in [0.5, 0.6) is 5.88 Å². The Morgan fingerprint density at radius 1 is 1.77 bits per heavy atom. The van der Waals surface area contributed by atoms with Crippen molar-refractivity contribution in [2.75, 3.05) is 6.61 Å². The molecule has 1 aromatic heterocycles. The topological polar surface area (TPSA) is 65.3 Å². The van der Waals surface area contributed by atoms with Crippen molar-refractivity contribution >= 4 is 21.6 Å². The second kappa shape index (κ2) is 4.18. The zero-order chi connectivity index (χ0) is 9.84. The minimum atomic E-state index is -0.506. The van der Waals surface area contributed by atoms with E-state index in [2.05, 4.69) is 20.9 Å². The molecule has 0 spiro atoms. The van der Waals surface area contributed by atoms with Crippen LogP contribution in [-0.2, 0) is 0 Å². The quantitative estimate of drug-likeness (QED) is 0.606. The van der Waals surface area contributed by atoms with Gasteiger partial charge in [-0.05, 0) is 22.9 Å². The average molecular weight is 247 g/mol. The monoisotopic (exact) mass is 246 g/mol. The molecule has 6 heteroatoms. The maximum Gasteiger partial charge on any atom is 0.288 e. The maximum atomic E-state index is 10.3. The van der Waals surface area contributed by atoms with E-state index in [9.17, 15) is 10.1 Å². The van der Waals surface area contributed by atoms with E-state index in [1.807, 2.05) is 6.92 Å². The fourth-order valence-corrected chi connectivity index (χ4v) is 1.21. The first-order valence-electron chi connectivity index (χ1n) is 3.58. The smallest absolute Gasteiger partial charge is 0.288 e. The summed E-state index contributed by atoms with van der Waals surface area (Å²) in [6.07, 6.45) is 1.16. The summed E-state index contributed by atoms with van der Waals surface area (Å²) in [4.78, 5) is 13.6. The number of halogens is 1. The first kappa shape index (κ1) is 9.91. The fraction of sp³-hybridized carbons (Fsp3) is 0.286. The van der Waals surface area contributed by atoms with E-state index in [-0.39, 0.29) is 5.69 Å². The highest BCUT2D eigenvalue weighted by Crippen LogP contribution is 2.25. The van der Waals surface area contributed by atoms with E-state index in [1.54, 1.807) is 0 Å². The Morgan fingerprint density at radius 2 is 2.46 bits per heavy atom. The third kappa shape index (κ3) is 2.38. The third-order valence-electron chi connectivity index (χ3n) is 1.28. The Kier molecular flexibility index (Phi) is 3.18. The van der Waals surface area contributed by atoms with Crippen LogP contribution in [0.3, 0.4) is 0 Å². The fourth-order valence-electron chi connectivity index (χ4n) is 0.758. The van der Waals surface area contributed by atoms with E-state index in [1.165, 1.54) is 6.07 Å². The number of ether oxygens (including phenoxy) is 1. The molecule has 0 bridgehead atoms. The van der Waals surface area contributed by atoms with Crippen molar-refractivity contribution in [2.45, 2.75) is 6.92 Å². The number of rotatable bonds is 3. The molecule has 0 radical (unpaired) electrons. The minimum Gasteiger partial charge on any atom is -0.477 e. The molecule has 0 unspecified atom stereocenters. The van der Waals surface area contributed by atoms with Crippen molar-refractivity contribution in [3.05, 3.63) is 26.9 Å². The van der Waals surface area contributed by atoms with Gasteiger partial charge in [-0.15, -0.1) is 0 Å². The maximum absolute atomic E-state index is 10.3. The van der Waals surface area contributed by atoms with Gasteiger partial charge in [-0.3, -0.25) is 10.1 Å². The van der Waals surface area contributed by atoms with Gasteiger partial charge in [0.15, 0.2) is 0 Å². The normalized spacial score (nSPS) is 9.69. The molecule has 0 fully saturated rings. The van der Waals surface area contributed by atoms with Gasteiger partial charge in [-0.25, -0.2) is 4.98 Å². The molecular weight excluding hydrogens is 240 g/mol. The van der Waals surface area contributed by atoms with Crippen LogP contribution in [0.4, 0.5) is 5.69 Å². The van der Waals surface area contributed by atoms with Crippen LogP contribution >= 0.6 is 15.9 Å². The number of nitro groups is 1. The zero-order valence-electron chi connectivity index (χ0n) is 6.86. The summed E-state index contributed by atoms with van der Waals surface area (Å²) in [6, 6.07) is 1.36. The predicted molar refractivity (Wildman–Crippen MR) is 49.8 cm³/mol. The van der Waals surface area contributed by atoms with Crippen LogP contribution in [0.2, 0.25) is 0 Å². The Bertz CT molecular complexity index is 330. The second-order valence-electron chi connectivity index (χ2n) is 2.17. The molecule has 0 N–H and O–H groups in total. The molecule has 0 saturated carbocycles. The van der Waals surface area contributed by atoms with Crippen LogP contribution in [0.25, 0.3) is 0 Å². The van der Waals surface area contributed by atoms with E-state index in [0.29, 0.717) is 17.0 Å². The molecule has 70 valence electrons. The molecule has 0 aliphatic heterocycles. The van der Waals surface area contributed by atoms with Crippen molar-refractivity contribution < 1.29 is 9.66 Å². The molecule has 0 saturated heterocycles. The Hall–Kier alpha value is -1.17. The summed E-state index contributed by atoms with van der Waals surface area (Å²) in [5.74, 6) is 0.369. The lowest BCUT2D eigenvalue weighted by molar-refractivity contribution is -0.385. The van der Waals surface area contributed by atoms with Crippen molar-refractivity contribution in [1.82, 2.24) is 4.98 Å². The van der Waals surface area contributed by atoms with Gasteiger partial charge in [0.2, 0.25) is 5.88 Å². The lowest BCUT2D eigenvalue weighted by Crippen LogP contribution is -1.96. The van der Waals surface area contributed by atoms with Crippen molar-refractivity contribution in [3.8, 4) is 5.88 Å².